The van der Waals surface area contributed by atoms with E-state index in [0.717, 1.165) is 12.8 Å². The van der Waals surface area contributed by atoms with Crippen molar-refractivity contribution in [2.45, 2.75) is 26.7 Å². The maximum absolute atomic E-state index is 11.9. The number of hydrogen-bond donors (Lipinski definition) is 1. The average molecular weight is 288 g/mol. The maximum Gasteiger partial charge on any atom is 0.251 e. The van der Waals surface area contributed by atoms with Crippen molar-refractivity contribution >= 4 is 29.1 Å². The van der Waals surface area contributed by atoms with Crippen molar-refractivity contribution in [2.75, 3.05) is 12.4 Å². The van der Waals surface area contributed by atoms with Gasteiger partial charge in [-0.3, -0.25) is 4.79 Å². The molecule has 0 aliphatic heterocycles. The Bertz CT molecular complexity index is 387. The first-order valence-corrected chi connectivity index (χ1v) is 6.95. The second-order valence-corrected chi connectivity index (χ2v) is 5.96. The monoisotopic (exact) mass is 287 g/mol. The lowest BCUT2D eigenvalue weighted by Gasteiger charge is -2.24. The minimum absolute atomic E-state index is 0.0642. The molecule has 18 heavy (non-hydrogen) atoms. The van der Waals surface area contributed by atoms with E-state index < -0.39 is 0 Å². The third kappa shape index (κ3) is 5.28. The van der Waals surface area contributed by atoms with Crippen LogP contribution in [0.3, 0.4) is 0 Å². The van der Waals surface area contributed by atoms with Crippen LogP contribution in [0.2, 0.25) is 5.02 Å². The van der Waals surface area contributed by atoms with Gasteiger partial charge in [-0.25, -0.2) is 0 Å². The Hall–Kier alpha value is -0.730. The molecule has 0 bridgehead atoms. The highest BCUT2D eigenvalue weighted by Crippen LogP contribution is 2.21. The van der Waals surface area contributed by atoms with Crippen LogP contribution in [0.4, 0.5) is 0 Å². The summed E-state index contributed by atoms with van der Waals surface area (Å²) in [6.45, 7) is 4.90. The van der Waals surface area contributed by atoms with Crippen LogP contribution >= 0.6 is 23.2 Å². The predicted molar refractivity (Wildman–Crippen MR) is 77.5 cm³/mol. The largest absolute Gasteiger partial charge is 0.352 e. The zero-order valence-electron chi connectivity index (χ0n) is 10.8. The fourth-order valence-electron chi connectivity index (χ4n) is 1.66. The fourth-order valence-corrected chi connectivity index (χ4v) is 1.92. The van der Waals surface area contributed by atoms with Crippen LogP contribution in [0.5, 0.6) is 0 Å². The number of halogens is 2. The SMILES string of the molecule is CC(C)(CCCCl)CNC(=O)c1ccc(Cl)cc1. The summed E-state index contributed by atoms with van der Waals surface area (Å²) in [5.74, 6) is 0.597. The lowest BCUT2D eigenvalue weighted by molar-refractivity contribution is 0.0934. The maximum atomic E-state index is 11.9. The van der Waals surface area contributed by atoms with Gasteiger partial charge >= 0.3 is 0 Å². The van der Waals surface area contributed by atoms with Gasteiger partial charge in [0, 0.05) is 23.0 Å². The summed E-state index contributed by atoms with van der Waals surface area (Å²) < 4.78 is 0. The molecular formula is C14H19Cl2NO. The second-order valence-electron chi connectivity index (χ2n) is 5.15. The zero-order valence-corrected chi connectivity index (χ0v) is 12.3. The number of benzene rings is 1. The molecule has 0 radical (unpaired) electrons. The van der Waals surface area contributed by atoms with E-state index >= 15 is 0 Å². The molecule has 0 aromatic heterocycles. The van der Waals surface area contributed by atoms with E-state index in [1.165, 1.54) is 0 Å². The molecule has 0 saturated carbocycles. The zero-order chi connectivity index (χ0) is 13.6. The number of alkyl halides is 1. The van der Waals surface area contributed by atoms with Crippen molar-refractivity contribution in [1.82, 2.24) is 5.32 Å². The van der Waals surface area contributed by atoms with Gasteiger partial charge < -0.3 is 5.32 Å². The molecule has 0 aliphatic carbocycles. The number of nitrogens with one attached hydrogen (secondary N) is 1. The standard InChI is InChI=1S/C14H19Cl2NO/c1-14(2,8-3-9-15)10-17-13(18)11-4-6-12(16)7-5-11/h4-7H,3,8-10H2,1-2H3,(H,17,18). The molecule has 0 spiro atoms. The molecule has 0 fully saturated rings. The van der Waals surface area contributed by atoms with E-state index in [2.05, 4.69) is 19.2 Å². The number of hydrogen-bond acceptors (Lipinski definition) is 1. The molecule has 4 heteroatoms. The first kappa shape index (κ1) is 15.3. The predicted octanol–water partition coefficient (Wildman–Crippen LogP) is 4.12. The number of carbonyl (C=O) groups is 1. The van der Waals surface area contributed by atoms with Crippen molar-refractivity contribution in [2.24, 2.45) is 5.41 Å². The lowest BCUT2D eigenvalue weighted by Crippen LogP contribution is -2.34. The Morgan fingerprint density at radius 1 is 1.28 bits per heavy atom. The van der Waals surface area contributed by atoms with Gasteiger partial charge in [0.05, 0.1) is 0 Å². The summed E-state index contributed by atoms with van der Waals surface area (Å²) >= 11 is 11.5. The van der Waals surface area contributed by atoms with E-state index in [0.29, 0.717) is 23.0 Å². The van der Waals surface area contributed by atoms with Gasteiger partial charge in [0.25, 0.3) is 5.91 Å². The van der Waals surface area contributed by atoms with Crippen LogP contribution in [-0.2, 0) is 0 Å². The molecule has 2 nitrogen and oxygen atoms in total. The van der Waals surface area contributed by atoms with Gasteiger partial charge in [-0.15, -0.1) is 11.6 Å². The molecule has 1 N–H and O–H groups in total. The normalized spacial score (nSPS) is 11.3. The Morgan fingerprint density at radius 2 is 1.89 bits per heavy atom. The molecule has 1 rings (SSSR count). The molecule has 1 aromatic carbocycles. The lowest BCUT2D eigenvalue weighted by atomic mass is 9.88. The van der Waals surface area contributed by atoms with Crippen molar-refractivity contribution in [3.05, 3.63) is 34.9 Å². The van der Waals surface area contributed by atoms with Crippen molar-refractivity contribution in [1.29, 1.82) is 0 Å². The first-order valence-electron chi connectivity index (χ1n) is 6.04. The highest BCUT2D eigenvalue weighted by Gasteiger charge is 2.18. The van der Waals surface area contributed by atoms with Crippen molar-refractivity contribution in [3.63, 3.8) is 0 Å². The summed E-state index contributed by atoms with van der Waals surface area (Å²) in [5, 5.41) is 3.58. The van der Waals surface area contributed by atoms with E-state index in [9.17, 15) is 4.79 Å². The molecule has 100 valence electrons. The van der Waals surface area contributed by atoms with Gasteiger partial charge in [0.1, 0.15) is 0 Å². The molecule has 1 aromatic rings. The van der Waals surface area contributed by atoms with Crippen LogP contribution in [0, 0.1) is 5.41 Å². The van der Waals surface area contributed by atoms with Crippen molar-refractivity contribution in [3.8, 4) is 0 Å². The summed E-state index contributed by atoms with van der Waals surface area (Å²) in [4.78, 5) is 11.9. The van der Waals surface area contributed by atoms with Gasteiger partial charge in [-0.2, -0.15) is 0 Å². The smallest absolute Gasteiger partial charge is 0.251 e. The van der Waals surface area contributed by atoms with Crippen LogP contribution in [0.15, 0.2) is 24.3 Å². The first-order chi connectivity index (χ1) is 8.44. The van der Waals surface area contributed by atoms with Gasteiger partial charge in [-0.1, -0.05) is 25.4 Å². The van der Waals surface area contributed by atoms with Crippen molar-refractivity contribution < 1.29 is 4.79 Å². The van der Waals surface area contributed by atoms with E-state index in [1.807, 2.05) is 0 Å². The summed E-state index contributed by atoms with van der Waals surface area (Å²) in [7, 11) is 0. The second kappa shape index (κ2) is 7.01. The van der Waals surface area contributed by atoms with Crippen LogP contribution < -0.4 is 5.32 Å². The molecule has 0 saturated heterocycles. The molecule has 0 unspecified atom stereocenters. The Balaban J connectivity index is 2.48. The highest BCUT2D eigenvalue weighted by molar-refractivity contribution is 6.30. The number of amides is 1. The molecule has 0 aliphatic rings. The number of carbonyl (C=O) groups excluding carboxylic acids is 1. The third-order valence-corrected chi connectivity index (χ3v) is 3.34. The minimum Gasteiger partial charge on any atom is -0.352 e. The third-order valence-electron chi connectivity index (χ3n) is 2.82. The van der Waals surface area contributed by atoms with E-state index in [4.69, 9.17) is 23.2 Å². The minimum atomic E-state index is -0.0642. The Morgan fingerprint density at radius 3 is 2.44 bits per heavy atom. The molecule has 1 amide bonds. The summed E-state index contributed by atoms with van der Waals surface area (Å²) in [6, 6.07) is 6.89. The van der Waals surface area contributed by atoms with Gasteiger partial charge in [-0.05, 0) is 42.5 Å². The molecular weight excluding hydrogens is 269 g/mol. The Labute approximate surface area is 119 Å². The highest BCUT2D eigenvalue weighted by atomic mass is 35.5. The molecule has 0 atom stereocenters. The van der Waals surface area contributed by atoms with E-state index in [-0.39, 0.29) is 11.3 Å². The van der Waals surface area contributed by atoms with Gasteiger partial charge in [0.15, 0.2) is 0 Å². The number of rotatable bonds is 6. The summed E-state index contributed by atoms with van der Waals surface area (Å²) in [6.07, 6.45) is 1.96. The van der Waals surface area contributed by atoms with Crippen LogP contribution in [0.25, 0.3) is 0 Å². The summed E-state index contributed by atoms with van der Waals surface area (Å²) in [5.41, 5.74) is 0.698. The topological polar surface area (TPSA) is 29.1 Å². The molecule has 0 heterocycles. The van der Waals surface area contributed by atoms with E-state index in [1.54, 1.807) is 24.3 Å². The van der Waals surface area contributed by atoms with Gasteiger partial charge in [0.2, 0.25) is 0 Å². The van der Waals surface area contributed by atoms with Crippen LogP contribution in [0.1, 0.15) is 37.0 Å². The van der Waals surface area contributed by atoms with Crippen LogP contribution in [-0.4, -0.2) is 18.3 Å². The average Bonchev–Trinajstić information content (AvgIpc) is 2.35. The fraction of sp³-hybridized carbons (Fsp3) is 0.500. The quantitative estimate of drug-likeness (QED) is 0.784. The Kier molecular flexibility index (Phi) is 5.97.